The number of benzene rings is 2. The zero-order valence-corrected chi connectivity index (χ0v) is 22.2. The van der Waals surface area contributed by atoms with Gasteiger partial charge in [-0.15, -0.1) is 0 Å². The molecular weight excluding hydrogens is 470 g/mol. The van der Waals surface area contributed by atoms with Crippen LogP contribution in [-0.2, 0) is 16.1 Å². The van der Waals surface area contributed by atoms with Crippen LogP contribution in [0.5, 0.6) is 5.75 Å². The van der Waals surface area contributed by atoms with Crippen LogP contribution in [0.4, 0.5) is 0 Å². The molecule has 0 unspecified atom stereocenters. The van der Waals surface area contributed by atoms with Crippen molar-refractivity contribution in [2.45, 2.75) is 39.8 Å². The molecule has 198 valence electrons. The zero-order valence-electron chi connectivity index (χ0n) is 22.2. The molecule has 8 heteroatoms. The molecule has 0 saturated carbocycles. The lowest BCUT2D eigenvalue weighted by Crippen LogP contribution is -2.45. The summed E-state index contributed by atoms with van der Waals surface area (Å²) in [4.78, 5) is 43.2. The van der Waals surface area contributed by atoms with Crippen LogP contribution in [0.3, 0.4) is 0 Å². The summed E-state index contributed by atoms with van der Waals surface area (Å²) in [5, 5.41) is 3.31. The molecule has 0 spiro atoms. The average Bonchev–Trinajstić information content (AvgIpc) is 3.49. The molecule has 2 aliphatic heterocycles. The van der Waals surface area contributed by atoms with Gasteiger partial charge in [-0.3, -0.25) is 19.3 Å². The van der Waals surface area contributed by atoms with Crippen molar-refractivity contribution in [1.82, 2.24) is 15.1 Å². The molecule has 0 radical (unpaired) electrons. The Morgan fingerprint density at radius 1 is 1.14 bits per heavy atom. The molecule has 3 amide bonds. The van der Waals surface area contributed by atoms with Gasteiger partial charge in [-0.05, 0) is 50.1 Å². The number of carbonyl (C=O) groups excluding carboxylic acids is 3. The normalized spacial score (nSPS) is 18.8. The first-order valence-corrected chi connectivity index (χ1v) is 13.0. The number of fused-ring (bicyclic) bond motifs is 1. The minimum Gasteiger partial charge on any atom is -0.493 e. The summed E-state index contributed by atoms with van der Waals surface area (Å²) in [7, 11) is 1.66. The third-order valence-electron chi connectivity index (χ3n) is 7.25. The van der Waals surface area contributed by atoms with Crippen LogP contribution in [0, 0.1) is 18.8 Å². The standard InChI is InChI=1S/C29H37N3O5/c1-19(2)31(27(33)21-11-10-20(3)26(14-21)37-13-7-12-36-4)18-23-15-30-16-25(23)29(35)32-17-22-8-5-6-9-24(22)28(32)34/h5-6,8-11,14,19,23,25,30H,7,12-13,15-18H2,1-4H3/t23-,25+/m0/s1. The third kappa shape index (κ3) is 5.86. The molecule has 2 atom stereocenters. The van der Waals surface area contributed by atoms with E-state index >= 15 is 0 Å². The lowest BCUT2D eigenvalue weighted by molar-refractivity contribution is -0.133. The monoisotopic (exact) mass is 507 g/mol. The Morgan fingerprint density at radius 2 is 1.92 bits per heavy atom. The second-order valence-corrected chi connectivity index (χ2v) is 10.1. The van der Waals surface area contributed by atoms with Crippen molar-refractivity contribution in [2.24, 2.45) is 11.8 Å². The quantitative estimate of drug-likeness (QED) is 0.392. The first kappa shape index (κ1) is 26.8. The van der Waals surface area contributed by atoms with Gasteiger partial charge in [0.15, 0.2) is 0 Å². The van der Waals surface area contributed by atoms with Gasteiger partial charge in [0, 0.05) is 62.9 Å². The van der Waals surface area contributed by atoms with Gasteiger partial charge in [-0.25, -0.2) is 0 Å². The fraction of sp³-hybridized carbons (Fsp3) is 0.483. The Bertz CT molecular complexity index is 1150. The predicted molar refractivity (Wildman–Crippen MR) is 141 cm³/mol. The number of carbonyl (C=O) groups is 3. The van der Waals surface area contributed by atoms with Crippen molar-refractivity contribution in [3.8, 4) is 5.75 Å². The van der Waals surface area contributed by atoms with Gasteiger partial charge in [-0.2, -0.15) is 0 Å². The van der Waals surface area contributed by atoms with E-state index in [1.54, 1.807) is 19.2 Å². The van der Waals surface area contributed by atoms with Crippen LogP contribution in [-0.4, -0.2) is 73.5 Å². The van der Waals surface area contributed by atoms with Crippen LogP contribution in [0.15, 0.2) is 42.5 Å². The molecule has 1 saturated heterocycles. The molecule has 2 aliphatic rings. The number of ether oxygens (including phenoxy) is 2. The highest BCUT2D eigenvalue weighted by Crippen LogP contribution is 2.29. The van der Waals surface area contributed by atoms with Crippen LogP contribution in [0.2, 0.25) is 0 Å². The summed E-state index contributed by atoms with van der Waals surface area (Å²) >= 11 is 0. The topological polar surface area (TPSA) is 88.2 Å². The largest absolute Gasteiger partial charge is 0.493 e. The molecule has 1 N–H and O–H groups in total. The predicted octanol–water partition coefficient (Wildman–Crippen LogP) is 3.28. The fourth-order valence-corrected chi connectivity index (χ4v) is 5.07. The van der Waals surface area contributed by atoms with Crippen molar-refractivity contribution >= 4 is 17.7 Å². The van der Waals surface area contributed by atoms with Crippen LogP contribution in [0.1, 0.15) is 52.1 Å². The van der Waals surface area contributed by atoms with Crippen molar-refractivity contribution < 1.29 is 23.9 Å². The molecule has 8 nitrogen and oxygen atoms in total. The minimum atomic E-state index is -0.370. The van der Waals surface area contributed by atoms with E-state index in [1.807, 2.05) is 56.0 Å². The van der Waals surface area contributed by atoms with Gasteiger partial charge in [0.05, 0.1) is 19.1 Å². The number of nitrogens with zero attached hydrogens (tertiary/aromatic N) is 2. The van der Waals surface area contributed by atoms with Gasteiger partial charge < -0.3 is 19.7 Å². The second kappa shape index (κ2) is 11.9. The Labute approximate surface area is 218 Å². The van der Waals surface area contributed by atoms with Crippen molar-refractivity contribution in [2.75, 3.05) is 40.0 Å². The van der Waals surface area contributed by atoms with Gasteiger partial charge in [0.2, 0.25) is 5.91 Å². The van der Waals surface area contributed by atoms with Gasteiger partial charge in [0.1, 0.15) is 5.75 Å². The number of imide groups is 1. The van der Waals surface area contributed by atoms with E-state index in [-0.39, 0.29) is 35.6 Å². The number of amides is 3. The van der Waals surface area contributed by atoms with E-state index in [2.05, 4.69) is 5.32 Å². The van der Waals surface area contributed by atoms with E-state index < -0.39 is 0 Å². The summed E-state index contributed by atoms with van der Waals surface area (Å²) in [6.45, 7) is 8.88. The van der Waals surface area contributed by atoms with Gasteiger partial charge >= 0.3 is 0 Å². The van der Waals surface area contributed by atoms with E-state index in [0.717, 1.165) is 17.5 Å². The lowest BCUT2D eigenvalue weighted by Gasteiger charge is -2.32. The smallest absolute Gasteiger partial charge is 0.261 e. The summed E-state index contributed by atoms with van der Waals surface area (Å²) in [5.41, 5.74) is 2.99. The molecular formula is C29H37N3O5. The Morgan fingerprint density at radius 3 is 2.65 bits per heavy atom. The molecule has 1 fully saturated rings. The minimum absolute atomic E-state index is 0.0612. The summed E-state index contributed by atoms with van der Waals surface area (Å²) in [6.07, 6.45) is 0.765. The molecule has 37 heavy (non-hydrogen) atoms. The maximum Gasteiger partial charge on any atom is 0.261 e. The number of nitrogens with one attached hydrogen (secondary N) is 1. The molecule has 0 aromatic heterocycles. The number of rotatable bonds is 10. The van der Waals surface area contributed by atoms with Crippen molar-refractivity contribution in [3.63, 3.8) is 0 Å². The first-order valence-electron chi connectivity index (χ1n) is 13.0. The van der Waals surface area contributed by atoms with E-state index in [4.69, 9.17) is 9.47 Å². The van der Waals surface area contributed by atoms with Crippen LogP contribution in [0.25, 0.3) is 0 Å². The first-order chi connectivity index (χ1) is 17.8. The molecule has 4 rings (SSSR count). The lowest BCUT2D eigenvalue weighted by atomic mass is 9.93. The maximum absolute atomic E-state index is 13.6. The van der Waals surface area contributed by atoms with Crippen molar-refractivity contribution in [1.29, 1.82) is 0 Å². The van der Waals surface area contributed by atoms with Crippen LogP contribution >= 0.6 is 0 Å². The summed E-state index contributed by atoms with van der Waals surface area (Å²) < 4.78 is 11.0. The molecule has 2 heterocycles. The van der Waals surface area contributed by atoms with E-state index in [0.29, 0.717) is 56.3 Å². The SMILES string of the molecule is COCCCOc1cc(C(=O)N(C[C@@H]2CNC[C@H]2C(=O)N2Cc3ccccc3C2=O)C(C)C)ccc1C. The van der Waals surface area contributed by atoms with Crippen LogP contribution < -0.4 is 10.1 Å². The molecule has 0 aliphatic carbocycles. The zero-order chi connectivity index (χ0) is 26.5. The highest BCUT2D eigenvalue weighted by Gasteiger charge is 2.41. The number of hydrogen-bond donors (Lipinski definition) is 1. The number of methoxy groups -OCH3 is 1. The number of aryl methyl sites for hydroxylation is 1. The third-order valence-corrected chi connectivity index (χ3v) is 7.25. The Kier molecular flexibility index (Phi) is 8.61. The Balaban J connectivity index is 1.46. The van der Waals surface area contributed by atoms with E-state index in [1.165, 1.54) is 4.90 Å². The van der Waals surface area contributed by atoms with Gasteiger partial charge in [0.25, 0.3) is 11.8 Å². The van der Waals surface area contributed by atoms with Gasteiger partial charge in [-0.1, -0.05) is 24.3 Å². The summed E-state index contributed by atoms with van der Waals surface area (Å²) in [5.74, 6) is -0.279. The molecule has 2 aromatic rings. The van der Waals surface area contributed by atoms with Crippen molar-refractivity contribution in [3.05, 3.63) is 64.7 Å². The Hall–Kier alpha value is -3.23. The highest BCUT2D eigenvalue weighted by molar-refractivity contribution is 6.08. The highest BCUT2D eigenvalue weighted by atomic mass is 16.5. The van der Waals surface area contributed by atoms with E-state index in [9.17, 15) is 14.4 Å². The molecule has 2 aromatic carbocycles. The molecule has 0 bridgehead atoms. The second-order valence-electron chi connectivity index (χ2n) is 10.1. The maximum atomic E-state index is 13.6. The summed E-state index contributed by atoms with van der Waals surface area (Å²) in [6, 6.07) is 12.8. The fourth-order valence-electron chi connectivity index (χ4n) is 5.07. The average molecular weight is 508 g/mol. The number of hydrogen-bond acceptors (Lipinski definition) is 6.